The van der Waals surface area contributed by atoms with Crippen LogP contribution in [0.3, 0.4) is 0 Å². The molecule has 1 saturated heterocycles. The van der Waals surface area contributed by atoms with Gasteiger partial charge in [0.15, 0.2) is 11.6 Å². The van der Waals surface area contributed by atoms with Crippen molar-refractivity contribution < 1.29 is 9.13 Å². The number of halogens is 1. The molecule has 0 spiro atoms. The molecule has 17 heavy (non-hydrogen) atoms. The fraction of sp³-hybridized carbons (Fsp3) is 0.583. The fourth-order valence-electron chi connectivity index (χ4n) is 1.87. The van der Waals surface area contributed by atoms with Gasteiger partial charge in [0.25, 0.3) is 0 Å². The minimum atomic E-state index is -0.325. The SMILES string of the molecule is Fc1cccnc1NCCOC1CCNCC1. The van der Waals surface area contributed by atoms with E-state index in [0.717, 1.165) is 25.9 Å². The van der Waals surface area contributed by atoms with E-state index < -0.39 is 0 Å². The summed E-state index contributed by atoms with van der Waals surface area (Å²) in [7, 11) is 0. The summed E-state index contributed by atoms with van der Waals surface area (Å²) in [5, 5.41) is 6.21. The van der Waals surface area contributed by atoms with Crippen molar-refractivity contribution >= 4 is 5.82 Å². The molecular weight excluding hydrogens is 221 g/mol. The Morgan fingerprint density at radius 1 is 1.47 bits per heavy atom. The lowest BCUT2D eigenvalue weighted by Crippen LogP contribution is -2.33. The van der Waals surface area contributed by atoms with Crippen molar-refractivity contribution in [2.24, 2.45) is 0 Å². The summed E-state index contributed by atoms with van der Waals surface area (Å²) >= 11 is 0. The lowest BCUT2D eigenvalue weighted by atomic mass is 10.1. The highest BCUT2D eigenvalue weighted by atomic mass is 19.1. The molecule has 0 saturated carbocycles. The number of rotatable bonds is 5. The van der Waals surface area contributed by atoms with Crippen LogP contribution >= 0.6 is 0 Å². The number of ether oxygens (including phenoxy) is 1. The number of piperidine rings is 1. The quantitative estimate of drug-likeness (QED) is 0.762. The maximum atomic E-state index is 13.2. The van der Waals surface area contributed by atoms with Crippen molar-refractivity contribution in [3.63, 3.8) is 0 Å². The van der Waals surface area contributed by atoms with Crippen molar-refractivity contribution in [3.8, 4) is 0 Å². The number of hydrogen-bond donors (Lipinski definition) is 2. The van der Waals surface area contributed by atoms with E-state index in [2.05, 4.69) is 15.6 Å². The molecule has 0 unspecified atom stereocenters. The van der Waals surface area contributed by atoms with Crippen molar-refractivity contribution in [2.45, 2.75) is 18.9 Å². The van der Waals surface area contributed by atoms with E-state index in [1.54, 1.807) is 12.3 Å². The van der Waals surface area contributed by atoms with Crippen molar-refractivity contribution in [1.82, 2.24) is 10.3 Å². The first-order chi connectivity index (χ1) is 8.36. The van der Waals surface area contributed by atoms with Crippen molar-refractivity contribution in [3.05, 3.63) is 24.1 Å². The van der Waals surface area contributed by atoms with Crippen LogP contribution in [0, 0.1) is 5.82 Å². The summed E-state index contributed by atoms with van der Waals surface area (Å²) in [6.45, 7) is 3.21. The molecule has 2 heterocycles. The summed E-state index contributed by atoms with van der Waals surface area (Å²) in [4.78, 5) is 3.91. The van der Waals surface area contributed by atoms with Crippen LogP contribution in [-0.4, -0.2) is 37.3 Å². The van der Waals surface area contributed by atoms with Crippen LogP contribution in [0.2, 0.25) is 0 Å². The Bertz CT molecular complexity index is 342. The molecule has 2 N–H and O–H groups in total. The zero-order valence-electron chi connectivity index (χ0n) is 9.79. The highest BCUT2D eigenvalue weighted by Gasteiger charge is 2.12. The van der Waals surface area contributed by atoms with Crippen LogP contribution in [0.1, 0.15) is 12.8 Å². The van der Waals surface area contributed by atoms with Gasteiger partial charge in [0, 0.05) is 12.7 Å². The van der Waals surface area contributed by atoms with Crippen molar-refractivity contribution in [1.29, 1.82) is 0 Å². The third-order valence-electron chi connectivity index (χ3n) is 2.79. The number of nitrogens with one attached hydrogen (secondary N) is 2. The zero-order valence-corrected chi connectivity index (χ0v) is 9.79. The van der Waals surface area contributed by atoms with Crippen LogP contribution in [0.5, 0.6) is 0 Å². The van der Waals surface area contributed by atoms with Gasteiger partial charge in [-0.15, -0.1) is 0 Å². The molecule has 5 heteroatoms. The first-order valence-corrected chi connectivity index (χ1v) is 6.03. The number of hydrogen-bond acceptors (Lipinski definition) is 4. The van der Waals surface area contributed by atoms with Gasteiger partial charge in [-0.1, -0.05) is 0 Å². The Morgan fingerprint density at radius 2 is 2.29 bits per heavy atom. The molecule has 1 aromatic heterocycles. The van der Waals surface area contributed by atoms with Gasteiger partial charge in [-0.2, -0.15) is 0 Å². The van der Waals surface area contributed by atoms with Crippen LogP contribution in [0.4, 0.5) is 10.2 Å². The average Bonchev–Trinajstić information content (AvgIpc) is 2.38. The van der Waals surface area contributed by atoms with E-state index in [4.69, 9.17) is 4.74 Å². The number of nitrogens with zero attached hydrogens (tertiary/aromatic N) is 1. The second-order valence-corrected chi connectivity index (χ2v) is 4.08. The Morgan fingerprint density at radius 3 is 3.06 bits per heavy atom. The minimum absolute atomic E-state index is 0.293. The summed E-state index contributed by atoms with van der Waals surface area (Å²) in [6, 6.07) is 2.97. The Hall–Kier alpha value is -1.20. The molecule has 1 aliphatic rings. The average molecular weight is 239 g/mol. The smallest absolute Gasteiger partial charge is 0.165 e. The topological polar surface area (TPSA) is 46.2 Å². The van der Waals surface area contributed by atoms with E-state index in [1.165, 1.54) is 6.07 Å². The molecule has 0 bridgehead atoms. The zero-order chi connectivity index (χ0) is 11.9. The maximum absolute atomic E-state index is 13.2. The van der Waals surface area contributed by atoms with Crippen LogP contribution in [0.25, 0.3) is 0 Å². The maximum Gasteiger partial charge on any atom is 0.165 e. The highest BCUT2D eigenvalue weighted by Crippen LogP contribution is 2.09. The third kappa shape index (κ3) is 3.94. The van der Waals surface area contributed by atoms with E-state index in [0.29, 0.717) is 25.1 Å². The van der Waals surface area contributed by atoms with Gasteiger partial charge >= 0.3 is 0 Å². The largest absolute Gasteiger partial charge is 0.376 e. The molecule has 1 aromatic rings. The van der Waals surface area contributed by atoms with E-state index in [-0.39, 0.29) is 5.82 Å². The summed E-state index contributed by atoms with van der Waals surface area (Å²) < 4.78 is 18.9. The van der Waals surface area contributed by atoms with Gasteiger partial charge in [0.05, 0.1) is 12.7 Å². The van der Waals surface area contributed by atoms with Crippen LogP contribution < -0.4 is 10.6 Å². The van der Waals surface area contributed by atoms with Gasteiger partial charge < -0.3 is 15.4 Å². The molecule has 1 aliphatic heterocycles. The summed E-state index contributed by atoms with van der Waals surface area (Å²) in [6.07, 6.45) is 4.02. The number of aromatic nitrogens is 1. The number of anilines is 1. The first-order valence-electron chi connectivity index (χ1n) is 6.03. The summed E-state index contributed by atoms with van der Waals surface area (Å²) in [5.41, 5.74) is 0. The van der Waals surface area contributed by atoms with Gasteiger partial charge in [0.1, 0.15) is 0 Å². The third-order valence-corrected chi connectivity index (χ3v) is 2.79. The predicted octanol–water partition coefficient (Wildman–Crippen LogP) is 1.40. The van der Waals surface area contributed by atoms with Crippen LogP contribution in [-0.2, 0) is 4.74 Å². The standard InChI is InChI=1S/C12H18FN3O/c13-11-2-1-5-15-12(11)16-8-9-17-10-3-6-14-7-4-10/h1-2,5,10,14H,3-4,6-9H2,(H,15,16). The minimum Gasteiger partial charge on any atom is -0.376 e. The van der Waals surface area contributed by atoms with Crippen molar-refractivity contribution in [2.75, 3.05) is 31.6 Å². The molecule has 4 nitrogen and oxygen atoms in total. The molecular formula is C12H18FN3O. The normalized spacial score (nSPS) is 17.0. The molecule has 0 atom stereocenters. The molecule has 0 radical (unpaired) electrons. The molecule has 0 aromatic carbocycles. The molecule has 2 rings (SSSR count). The number of pyridine rings is 1. The molecule has 0 amide bonds. The predicted molar refractivity (Wildman–Crippen MR) is 64.5 cm³/mol. The van der Waals surface area contributed by atoms with Gasteiger partial charge in [-0.3, -0.25) is 0 Å². The Kier molecular flexibility index (Phi) is 4.70. The van der Waals surface area contributed by atoms with Gasteiger partial charge in [-0.25, -0.2) is 9.37 Å². The second-order valence-electron chi connectivity index (χ2n) is 4.08. The molecule has 1 fully saturated rings. The highest BCUT2D eigenvalue weighted by molar-refractivity contribution is 5.35. The van der Waals surface area contributed by atoms with E-state index in [9.17, 15) is 4.39 Å². The first kappa shape index (κ1) is 12.3. The Labute approximate surface area is 101 Å². The van der Waals surface area contributed by atoms with Gasteiger partial charge in [0.2, 0.25) is 0 Å². The van der Waals surface area contributed by atoms with Crippen LogP contribution in [0.15, 0.2) is 18.3 Å². The second kappa shape index (κ2) is 6.51. The molecule has 94 valence electrons. The lowest BCUT2D eigenvalue weighted by molar-refractivity contribution is 0.0394. The summed E-state index contributed by atoms with van der Waals surface area (Å²) in [5.74, 6) is -0.0317. The van der Waals surface area contributed by atoms with E-state index >= 15 is 0 Å². The molecule has 0 aliphatic carbocycles. The Balaban J connectivity index is 1.64. The lowest BCUT2D eigenvalue weighted by Gasteiger charge is -2.23. The van der Waals surface area contributed by atoms with Gasteiger partial charge in [-0.05, 0) is 38.1 Å². The van der Waals surface area contributed by atoms with E-state index in [1.807, 2.05) is 0 Å². The monoisotopic (exact) mass is 239 g/mol. The fourth-order valence-corrected chi connectivity index (χ4v) is 1.87.